The third-order valence-corrected chi connectivity index (χ3v) is 9.31. The van der Waals surface area contributed by atoms with E-state index in [9.17, 15) is 13.2 Å². The van der Waals surface area contributed by atoms with Crippen molar-refractivity contribution in [3.63, 3.8) is 0 Å². The molecule has 10 nitrogen and oxygen atoms in total. The number of anilines is 1. The number of hydrogen-bond acceptors (Lipinski definition) is 8. The Labute approximate surface area is 238 Å². The van der Waals surface area contributed by atoms with E-state index in [2.05, 4.69) is 19.2 Å². The second-order valence-corrected chi connectivity index (χ2v) is 12.3. The van der Waals surface area contributed by atoms with Gasteiger partial charge >= 0.3 is 0 Å². The van der Waals surface area contributed by atoms with Gasteiger partial charge in [-0.3, -0.25) is 4.79 Å². The third kappa shape index (κ3) is 6.20. The van der Waals surface area contributed by atoms with Crippen molar-refractivity contribution in [3.8, 4) is 17.0 Å². The zero-order valence-corrected chi connectivity index (χ0v) is 24.3. The summed E-state index contributed by atoms with van der Waals surface area (Å²) >= 11 is 1.44. The van der Waals surface area contributed by atoms with Gasteiger partial charge in [-0.15, -0.1) is 11.3 Å². The van der Waals surface area contributed by atoms with Crippen molar-refractivity contribution in [2.24, 2.45) is 10.1 Å². The molecule has 0 bridgehead atoms. The van der Waals surface area contributed by atoms with E-state index in [4.69, 9.17) is 19.6 Å². The number of hydrogen-bond donors (Lipinski definition) is 1. The topological polar surface area (TPSA) is 115 Å². The fraction of sp³-hybridized carbons (Fsp3) is 0.393. The van der Waals surface area contributed by atoms with E-state index in [0.29, 0.717) is 48.2 Å². The molecule has 3 heterocycles. The second-order valence-electron chi connectivity index (χ2n) is 9.55. The van der Waals surface area contributed by atoms with Crippen LogP contribution in [-0.4, -0.2) is 61.9 Å². The molecule has 40 heavy (non-hydrogen) atoms. The Bertz CT molecular complexity index is 1560. The van der Waals surface area contributed by atoms with Gasteiger partial charge in [0, 0.05) is 29.7 Å². The highest BCUT2D eigenvalue weighted by Gasteiger charge is 2.26. The lowest BCUT2D eigenvalue weighted by Gasteiger charge is -2.26. The van der Waals surface area contributed by atoms with Gasteiger partial charge in [0.25, 0.3) is 5.91 Å². The number of rotatable bonds is 9. The van der Waals surface area contributed by atoms with E-state index in [0.717, 1.165) is 42.7 Å². The molecule has 1 amide bonds. The Morgan fingerprint density at radius 3 is 2.48 bits per heavy atom. The maximum atomic E-state index is 13.0. The van der Waals surface area contributed by atoms with Crippen molar-refractivity contribution in [1.82, 2.24) is 8.98 Å². The normalized spacial score (nSPS) is 16.2. The highest BCUT2D eigenvalue weighted by molar-refractivity contribution is 7.89. The average Bonchev–Trinajstić information content (AvgIpc) is 3.35. The highest BCUT2D eigenvalue weighted by atomic mass is 32.2. The SMILES string of the molecule is CCCC(CCC)=Nn1c(-c2ccc3c(c2)NC(=O)CO3)csc1=Nc1ccc(S(=O)(=O)N2CCOCC2)cc1. The third-order valence-electron chi connectivity index (χ3n) is 6.58. The number of nitrogens with one attached hydrogen (secondary N) is 1. The number of benzene rings is 2. The molecular formula is C28H33N5O5S2. The number of morpholine rings is 1. The number of carbonyl (C=O) groups is 1. The van der Waals surface area contributed by atoms with Crippen LogP contribution in [0.3, 0.4) is 0 Å². The van der Waals surface area contributed by atoms with Crippen molar-refractivity contribution in [2.75, 3.05) is 38.2 Å². The molecule has 0 radical (unpaired) electrons. The molecule has 1 saturated heterocycles. The van der Waals surface area contributed by atoms with Crippen molar-refractivity contribution >= 4 is 44.4 Å². The van der Waals surface area contributed by atoms with Crippen LogP contribution in [0, 0.1) is 0 Å². The van der Waals surface area contributed by atoms with E-state index in [-0.39, 0.29) is 17.4 Å². The number of nitrogens with zero attached hydrogens (tertiary/aromatic N) is 4. The minimum Gasteiger partial charge on any atom is -0.482 e. The molecule has 2 aliphatic rings. The van der Waals surface area contributed by atoms with E-state index < -0.39 is 10.0 Å². The first-order chi connectivity index (χ1) is 19.4. The second kappa shape index (κ2) is 12.5. The van der Waals surface area contributed by atoms with Crippen molar-refractivity contribution in [3.05, 3.63) is 52.6 Å². The average molecular weight is 584 g/mol. The summed E-state index contributed by atoms with van der Waals surface area (Å²) < 4.78 is 40.2. The van der Waals surface area contributed by atoms with Crippen LogP contribution < -0.4 is 14.9 Å². The molecule has 1 aromatic heterocycles. The number of ether oxygens (including phenoxy) is 2. The van der Waals surface area contributed by atoms with Gasteiger partial charge < -0.3 is 14.8 Å². The minimum atomic E-state index is -3.58. The zero-order valence-electron chi connectivity index (χ0n) is 22.6. The first kappa shape index (κ1) is 28.2. The fourth-order valence-corrected chi connectivity index (χ4v) is 6.86. The summed E-state index contributed by atoms with van der Waals surface area (Å²) in [6, 6.07) is 12.3. The van der Waals surface area contributed by atoms with Crippen LogP contribution in [0.15, 0.2) is 62.8 Å². The van der Waals surface area contributed by atoms with E-state index >= 15 is 0 Å². The van der Waals surface area contributed by atoms with Gasteiger partial charge in [-0.25, -0.2) is 18.1 Å². The maximum Gasteiger partial charge on any atom is 0.262 e. The van der Waals surface area contributed by atoms with Gasteiger partial charge in [-0.2, -0.15) is 9.41 Å². The van der Waals surface area contributed by atoms with Gasteiger partial charge in [0.05, 0.1) is 35.2 Å². The van der Waals surface area contributed by atoms with Gasteiger partial charge in [-0.1, -0.05) is 26.7 Å². The summed E-state index contributed by atoms with van der Waals surface area (Å²) in [6.45, 7) is 5.76. The number of aromatic nitrogens is 1. The van der Waals surface area contributed by atoms with Crippen LogP contribution in [0.1, 0.15) is 39.5 Å². The van der Waals surface area contributed by atoms with E-state index in [1.165, 1.54) is 15.6 Å². The Morgan fingerprint density at radius 2 is 1.77 bits per heavy atom. The monoisotopic (exact) mass is 583 g/mol. The number of fused-ring (bicyclic) bond motifs is 1. The first-order valence-corrected chi connectivity index (χ1v) is 15.8. The minimum absolute atomic E-state index is 0.00204. The predicted molar refractivity (Wildman–Crippen MR) is 156 cm³/mol. The molecule has 0 unspecified atom stereocenters. The number of carbonyl (C=O) groups excluding carboxylic acids is 1. The van der Waals surface area contributed by atoms with Gasteiger partial charge in [-0.05, 0) is 55.3 Å². The molecule has 1 N–H and O–H groups in total. The summed E-state index contributed by atoms with van der Waals surface area (Å²) in [5, 5.41) is 9.89. The highest BCUT2D eigenvalue weighted by Crippen LogP contribution is 2.33. The molecule has 212 valence electrons. The molecule has 0 atom stereocenters. The predicted octanol–water partition coefficient (Wildman–Crippen LogP) is 4.61. The van der Waals surface area contributed by atoms with Crippen LogP contribution in [0.25, 0.3) is 11.3 Å². The van der Waals surface area contributed by atoms with Crippen LogP contribution in [0.4, 0.5) is 11.4 Å². The quantitative estimate of drug-likeness (QED) is 0.370. The van der Waals surface area contributed by atoms with Gasteiger partial charge in [0.2, 0.25) is 14.8 Å². The summed E-state index contributed by atoms with van der Waals surface area (Å²) in [5.41, 5.74) is 4.02. The molecule has 12 heteroatoms. The Kier molecular flexibility index (Phi) is 8.79. The molecule has 0 aliphatic carbocycles. The molecule has 2 aliphatic heterocycles. The molecule has 3 aromatic rings. The maximum absolute atomic E-state index is 13.0. The molecule has 0 saturated carbocycles. The largest absolute Gasteiger partial charge is 0.482 e. The Hall–Kier alpha value is -3.32. The van der Waals surface area contributed by atoms with Gasteiger partial charge in [0.1, 0.15) is 5.75 Å². The summed E-state index contributed by atoms with van der Waals surface area (Å²) in [4.78, 5) is 17.6. The number of amides is 1. The van der Waals surface area contributed by atoms with Crippen molar-refractivity contribution < 1.29 is 22.7 Å². The molecule has 2 aromatic carbocycles. The molecule has 5 rings (SSSR count). The van der Waals surface area contributed by atoms with Crippen molar-refractivity contribution in [1.29, 1.82) is 0 Å². The Balaban J connectivity index is 1.54. The van der Waals surface area contributed by atoms with Crippen molar-refractivity contribution in [2.45, 2.75) is 44.4 Å². The molecule has 1 fully saturated rings. The van der Waals surface area contributed by atoms with Crippen LogP contribution in [-0.2, 0) is 19.6 Å². The lowest BCUT2D eigenvalue weighted by Crippen LogP contribution is -2.40. The lowest BCUT2D eigenvalue weighted by molar-refractivity contribution is -0.118. The van der Waals surface area contributed by atoms with E-state index in [1.807, 2.05) is 28.3 Å². The van der Waals surface area contributed by atoms with E-state index in [1.54, 1.807) is 24.3 Å². The summed E-state index contributed by atoms with van der Waals surface area (Å²) in [7, 11) is -3.58. The zero-order chi connectivity index (χ0) is 28.1. The molecule has 0 spiro atoms. The van der Waals surface area contributed by atoms with Crippen LogP contribution in [0.2, 0.25) is 0 Å². The Morgan fingerprint density at radius 1 is 1.05 bits per heavy atom. The smallest absolute Gasteiger partial charge is 0.262 e. The standard InChI is InChI=1S/C28H33N5O5S2/c1-3-5-22(6-4-2)31-33-25(20-7-12-26-24(17-20)30-27(34)18-38-26)19-39-28(33)29-21-8-10-23(11-9-21)40(35,36)32-13-15-37-16-14-32/h7-12,17,19H,3-6,13-16,18H2,1-2H3,(H,30,34). The van der Waals surface area contributed by atoms with Crippen LogP contribution >= 0.6 is 11.3 Å². The summed E-state index contributed by atoms with van der Waals surface area (Å²) in [6.07, 6.45) is 3.70. The van der Waals surface area contributed by atoms with Gasteiger partial charge in [0.15, 0.2) is 6.61 Å². The lowest BCUT2D eigenvalue weighted by atomic mass is 10.1. The first-order valence-electron chi connectivity index (χ1n) is 13.5. The number of thiazole rings is 1. The summed E-state index contributed by atoms with van der Waals surface area (Å²) in [5.74, 6) is 0.437. The van der Waals surface area contributed by atoms with Crippen LogP contribution in [0.5, 0.6) is 5.75 Å². The fourth-order valence-electron chi connectivity index (χ4n) is 4.60. The molecular weight excluding hydrogens is 550 g/mol. The number of sulfonamides is 1.